The van der Waals surface area contributed by atoms with Gasteiger partial charge in [-0.15, -0.1) is 0 Å². The molecule has 0 radical (unpaired) electrons. The Bertz CT molecular complexity index is 1080. The zero-order valence-electron chi connectivity index (χ0n) is 17.4. The predicted octanol–water partition coefficient (Wildman–Crippen LogP) is 4.36. The highest BCUT2D eigenvalue weighted by molar-refractivity contribution is 5.91. The van der Waals surface area contributed by atoms with Gasteiger partial charge < -0.3 is 20.7 Å². The van der Waals surface area contributed by atoms with E-state index in [9.17, 15) is 10.1 Å². The molecule has 0 atom stereocenters. The molecular formula is C23H25N5O2. The Kier molecular flexibility index (Phi) is 6.71. The molecule has 0 aliphatic heterocycles. The van der Waals surface area contributed by atoms with Gasteiger partial charge in [0, 0.05) is 24.2 Å². The summed E-state index contributed by atoms with van der Waals surface area (Å²) in [7, 11) is 0. The fourth-order valence-corrected chi connectivity index (χ4v) is 3.16. The molecule has 3 rings (SSSR count). The zero-order valence-corrected chi connectivity index (χ0v) is 17.4. The summed E-state index contributed by atoms with van der Waals surface area (Å²) in [6.45, 7) is 7.22. The molecule has 0 aliphatic rings. The van der Waals surface area contributed by atoms with Crippen molar-refractivity contribution in [2.75, 3.05) is 30.3 Å². The monoisotopic (exact) mass is 403 g/mol. The molecule has 7 heteroatoms. The summed E-state index contributed by atoms with van der Waals surface area (Å²) >= 11 is 0. The standard InChI is InChI=1S/C23H25N5O2/c1-4-30-19-8-9-20-17(13-19)12-18(14-24)22(27-20)25-10-11-26-23(29)28-21-15(2)6-5-7-16(21)3/h5-9,12-13H,4,10-11H2,1-3H3,(H,25,27)(H2,26,28,29). The third kappa shape index (κ3) is 4.97. The lowest BCUT2D eigenvalue weighted by Crippen LogP contribution is -2.33. The van der Waals surface area contributed by atoms with E-state index in [1.807, 2.05) is 57.2 Å². The lowest BCUT2D eigenvalue weighted by molar-refractivity contribution is 0.252. The number of aromatic nitrogens is 1. The minimum absolute atomic E-state index is 0.273. The number of para-hydroxylation sites is 1. The van der Waals surface area contributed by atoms with E-state index in [0.717, 1.165) is 33.5 Å². The highest BCUT2D eigenvalue weighted by Crippen LogP contribution is 2.24. The van der Waals surface area contributed by atoms with E-state index in [1.54, 1.807) is 6.07 Å². The van der Waals surface area contributed by atoms with Gasteiger partial charge in [-0.3, -0.25) is 0 Å². The number of nitrogens with one attached hydrogen (secondary N) is 3. The number of urea groups is 1. The van der Waals surface area contributed by atoms with Gasteiger partial charge in [0.15, 0.2) is 0 Å². The minimum Gasteiger partial charge on any atom is -0.494 e. The molecule has 3 N–H and O–H groups in total. The Morgan fingerprint density at radius 3 is 2.60 bits per heavy atom. The van der Waals surface area contributed by atoms with E-state index in [4.69, 9.17) is 4.74 Å². The smallest absolute Gasteiger partial charge is 0.319 e. The Labute approximate surface area is 176 Å². The van der Waals surface area contributed by atoms with Crippen molar-refractivity contribution in [3.05, 3.63) is 59.2 Å². The number of pyridine rings is 1. The van der Waals surface area contributed by atoms with Crippen molar-refractivity contribution in [1.29, 1.82) is 5.26 Å². The molecule has 0 saturated carbocycles. The first-order valence-electron chi connectivity index (χ1n) is 9.84. The van der Waals surface area contributed by atoms with E-state index >= 15 is 0 Å². The lowest BCUT2D eigenvalue weighted by atomic mass is 10.1. The summed E-state index contributed by atoms with van der Waals surface area (Å²) < 4.78 is 5.50. The molecule has 7 nitrogen and oxygen atoms in total. The Morgan fingerprint density at radius 2 is 1.90 bits per heavy atom. The first-order chi connectivity index (χ1) is 14.5. The maximum absolute atomic E-state index is 12.2. The molecule has 154 valence electrons. The summed E-state index contributed by atoms with van der Waals surface area (Å²) in [4.78, 5) is 16.7. The van der Waals surface area contributed by atoms with Gasteiger partial charge in [-0.1, -0.05) is 18.2 Å². The third-order valence-corrected chi connectivity index (χ3v) is 4.64. The fourth-order valence-electron chi connectivity index (χ4n) is 3.16. The van der Waals surface area contributed by atoms with Crippen LogP contribution < -0.4 is 20.7 Å². The van der Waals surface area contributed by atoms with E-state index in [1.165, 1.54) is 0 Å². The van der Waals surface area contributed by atoms with Gasteiger partial charge in [-0.2, -0.15) is 5.26 Å². The number of benzene rings is 2. The van der Waals surface area contributed by atoms with Gasteiger partial charge in [-0.25, -0.2) is 9.78 Å². The molecule has 0 saturated heterocycles. The number of amides is 2. The van der Waals surface area contributed by atoms with Gasteiger partial charge in [0.2, 0.25) is 0 Å². The number of carbonyl (C=O) groups excluding carboxylic acids is 1. The summed E-state index contributed by atoms with van der Waals surface area (Å²) in [5, 5.41) is 19.1. The quantitative estimate of drug-likeness (QED) is 0.509. The zero-order chi connectivity index (χ0) is 21.5. The van der Waals surface area contributed by atoms with Gasteiger partial charge in [-0.05, 0) is 56.2 Å². The summed E-state index contributed by atoms with van der Waals surface area (Å²) in [5.41, 5.74) is 4.04. The normalized spacial score (nSPS) is 10.3. The molecule has 1 aromatic heterocycles. The summed E-state index contributed by atoms with van der Waals surface area (Å²) in [5.74, 6) is 1.24. The number of hydrogen-bond donors (Lipinski definition) is 3. The number of ether oxygens (including phenoxy) is 1. The van der Waals surface area contributed by atoms with Crippen LogP contribution >= 0.6 is 0 Å². The van der Waals surface area contributed by atoms with E-state index in [2.05, 4.69) is 27.0 Å². The van der Waals surface area contributed by atoms with Crippen molar-refractivity contribution in [1.82, 2.24) is 10.3 Å². The van der Waals surface area contributed by atoms with Gasteiger partial charge in [0.1, 0.15) is 17.6 Å². The second-order valence-corrected chi connectivity index (χ2v) is 6.86. The van der Waals surface area contributed by atoms with Gasteiger partial charge in [0.25, 0.3) is 0 Å². The highest BCUT2D eigenvalue weighted by Gasteiger charge is 2.09. The number of fused-ring (bicyclic) bond motifs is 1. The van der Waals surface area contributed by atoms with Crippen molar-refractivity contribution in [3.63, 3.8) is 0 Å². The van der Waals surface area contributed by atoms with Crippen LogP contribution in [0.3, 0.4) is 0 Å². The van der Waals surface area contributed by atoms with Crippen LogP contribution in [0.5, 0.6) is 5.75 Å². The van der Waals surface area contributed by atoms with Crippen molar-refractivity contribution in [2.24, 2.45) is 0 Å². The van der Waals surface area contributed by atoms with Crippen LogP contribution in [0.1, 0.15) is 23.6 Å². The molecule has 2 amide bonds. The molecule has 1 heterocycles. The number of carbonyl (C=O) groups is 1. The maximum Gasteiger partial charge on any atom is 0.319 e. The number of hydrogen-bond acceptors (Lipinski definition) is 5. The van der Waals surface area contributed by atoms with Crippen LogP contribution in [0, 0.1) is 25.2 Å². The first-order valence-corrected chi connectivity index (χ1v) is 9.84. The number of nitriles is 1. The van der Waals surface area contributed by atoms with Crippen LogP contribution in [-0.2, 0) is 0 Å². The van der Waals surface area contributed by atoms with Crippen LogP contribution in [0.25, 0.3) is 10.9 Å². The fraction of sp³-hybridized carbons (Fsp3) is 0.261. The third-order valence-electron chi connectivity index (χ3n) is 4.64. The van der Waals surface area contributed by atoms with E-state index in [0.29, 0.717) is 31.1 Å². The van der Waals surface area contributed by atoms with Gasteiger partial charge >= 0.3 is 6.03 Å². The summed E-state index contributed by atoms with van der Waals surface area (Å²) in [6.07, 6.45) is 0. The highest BCUT2D eigenvalue weighted by atomic mass is 16.5. The van der Waals surface area contributed by atoms with Crippen LogP contribution in [-0.4, -0.2) is 30.7 Å². The van der Waals surface area contributed by atoms with Crippen molar-refractivity contribution >= 4 is 28.4 Å². The molecule has 0 spiro atoms. The first kappa shape index (κ1) is 20.9. The Hall–Kier alpha value is -3.79. The molecular weight excluding hydrogens is 378 g/mol. The van der Waals surface area contributed by atoms with Crippen LogP contribution in [0.2, 0.25) is 0 Å². The second kappa shape index (κ2) is 9.61. The average molecular weight is 403 g/mol. The number of rotatable bonds is 7. The lowest BCUT2D eigenvalue weighted by Gasteiger charge is -2.13. The average Bonchev–Trinajstić information content (AvgIpc) is 2.73. The van der Waals surface area contributed by atoms with Crippen molar-refractivity contribution in [2.45, 2.75) is 20.8 Å². The number of anilines is 2. The Morgan fingerprint density at radius 1 is 1.13 bits per heavy atom. The molecule has 0 fully saturated rings. The number of nitrogens with zero attached hydrogens (tertiary/aromatic N) is 2. The van der Waals surface area contributed by atoms with Crippen LogP contribution in [0.4, 0.5) is 16.3 Å². The topological polar surface area (TPSA) is 99.1 Å². The van der Waals surface area contributed by atoms with Crippen LogP contribution in [0.15, 0.2) is 42.5 Å². The minimum atomic E-state index is -0.273. The molecule has 0 unspecified atom stereocenters. The van der Waals surface area contributed by atoms with Crippen molar-refractivity contribution in [3.8, 4) is 11.8 Å². The second-order valence-electron chi connectivity index (χ2n) is 6.86. The van der Waals surface area contributed by atoms with E-state index < -0.39 is 0 Å². The maximum atomic E-state index is 12.2. The van der Waals surface area contributed by atoms with Crippen molar-refractivity contribution < 1.29 is 9.53 Å². The molecule has 2 aromatic carbocycles. The summed E-state index contributed by atoms with van der Waals surface area (Å²) in [6, 6.07) is 15.1. The Balaban J connectivity index is 1.59. The predicted molar refractivity (Wildman–Crippen MR) is 119 cm³/mol. The molecule has 30 heavy (non-hydrogen) atoms. The van der Waals surface area contributed by atoms with Gasteiger partial charge in [0.05, 0.1) is 17.7 Å². The largest absolute Gasteiger partial charge is 0.494 e. The molecule has 3 aromatic rings. The van der Waals surface area contributed by atoms with E-state index in [-0.39, 0.29) is 6.03 Å². The molecule has 0 bridgehead atoms. The molecule has 0 aliphatic carbocycles. The SMILES string of the molecule is CCOc1ccc2nc(NCCNC(=O)Nc3c(C)cccc3C)c(C#N)cc2c1. The number of aryl methyl sites for hydroxylation is 2.